The molecule has 158 valence electrons. The van der Waals surface area contributed by atoms with Crippen molar-refractivity contribution in [1.29, 1.82) is 5.26 Å². The van der Waals surface area contributed by atoms with E-state index in [0.717, 1.165) is 24.9 Å². The molecule has 0 amide bonds. The van der Waals surface area contributed by atoms with Crippen molar-refractivity contribution in [1.82, 2.24) is 9.78 Å². The minimum Gasteiger partial charge on any atom is -0.237 e. The first-order valence-corrected chi connectivity index (χ1v) is 11.5. The molecule has 0 aliphatic heterocycles. The summed E-state index contributed by atoms with van der Waals surface area (Å²) in [5, 5.41) is 15.1. The van der Waals surface area contributed by atoms with Gasteiger partial charge < -0.3 is 0 Å². The van der Waals surface area contributed by atoms with Crippen LogP contribution in [0.2, 0.25) is 0 Å². The molecule has 1 saturated carbocycles. The van der Waals surface area contributed by atoms with E-state index >= 15 is 0 Å². The fourth-order valence-corrected chi connectivity index (χ4v) is 5.24. The molecule has 3 atom stereocenters. The molecule has 2 aromatic carbocycles. The molecule has 1 fully saturated rings. The van der Waals surface area contributed by atoms with E-state index in [1.54, 1.807) is 0 Å². The Bertz CT molecular complexity index is 1130. The number of hydrogen-bond acceptors (Lipinski definition) is 2. The molecule has 2 aliphatic carbocycles. The van der Waals surface area contributed by atoms with Gasteiger partial charge in [-0.1, -0.05) is 70.2 Å². The Hall–Kier alpha value is -2.86. The van der Waals surface area contributed by atoms with Crippen LogP contribution in [0.4, 0.5) is 0 Å². The van der Waals surface area contributed by atoms with Crippen LogP contribution >= 0.6 is 0 Å². The topological polar surface area (TPSA) is 41.6 Å². The molecule has 3 aromatic rings. The summed E-state index contributed by atoms with van der Waals surface area (Å²) in [6.45, 7) is 8.91. The minimum atomic E-state index is -0.0446. The smallest absolute Gasteiger partial charge is 0.0701 e. The quantitative estimate of drug-likeness (QED) is 0.491. The van der Waals surface area contributed by atoms with Gasteiger partial charge in [0.2, 0.25) is 0 Å². The number of benzene rings is 2. The van der Waals surface area contributed by atoms with Gasteiger partial charge in [0.1, 0.15) is 0 Å². The van der Waals surface area contributed by atoms with Crippen molar-refractivity contribution >= 4 is 0 Å². The zero-order valence-electron chi connectivity index (χ0n) is 19.0. The van der Waals surface area contributed by atoms with E-state index in [4.69, 9.17) is 5.10 Å². The highest BCUT2D eigenvalue weighted by Gasteiger charge is 2.46. The second-order valence-corrected chi connectivity index (χ2v) is 10.4. The number of hydrogen-bond donors (Lipinski definition) is 0. The van der Waals surface area contributed by atoms with Crippen molar-refractivity contribution in [2.45, 2.75) is 64.7 Å². The Morgan fingerprint density at radius 3 is 2.39 bits per heavy atom. The zero-order chi connectivity index (χ0) is 21.8. The van der Waals surface area contributed by atoms with E-state index in [-0.39, 0.29) is 11.3 Å². The van der Waals surface area contributed by atoms with Gasteiger partial charge in [0.15, 0.2) is 0 Å². The van der Waals surface area contributed by atoms with Crippen molar-refractivity contribution in [3.05, 3.63) is 82.7 Å². The molecule has 3 nitrogen and oxygen atoms in total. The number of nitrogens with zero attached hydrogens (tertiary/aromatic N) is 3. The summed E-state index contributed by atoms with van der Waals surface area (Å²) in [7, 11) is 0. The molecular weight excluding hydrogens is 378 g/mol. The van der Waals surface area contributed by atoms with Crippen molar-refractivity contribution in [3.8, 4) is 11.8 Å². The average Bonchev–Trinajstić information content (AvgIpc) is 3.48. The lowest BCUT2D eigenvalue weighted by Gasteiger charge is -2.35. The maximum absolute atomic E-state index is 9.86. The first kappa shape index (κ1) is 20.1. The number of nitriles is 1. The van der Waals surface area contributed by atoms with Crippen LogP contribution in [0.5, 0.6) is 0 Å². The molecule has 1 aromatic heterocycles. The highest BCUT2D eigenvalue weighted by Crippen LogP contribution is 2.56. The number of fused-ring (bicyclic) bond motifs is 1. The van der Waals surface area contributed by atoms with Crippen molar-refractivity contribution in [2.24, 2.45) is 11.3 Å². The number of rotatable bonds is 4. The zero-order valence-corrected chi connectivity index (χ0v) is 19.0. The van der Waals surface area contributed by atoms with Gasteiger partial charge in [0.25, 0.3) is 0 Å². The molecule has 1 unspecified atom stereocenters. The Balaban J connectivity index is 1.58. The lowest BCUT2D eigenvalue weighted by Crippen LogP contribution is -2.33. The fraction of sp³-hybridized carbons (Fsp3) is 0.429. The molecule has 2 aliphatic rings. The molecular formula is C28H31N3. The standard InChI is InChI=1S/C28H31N3/c1-18(2)19-10-12-22(13-11-19)31-26-16-28(3,4)21(17-29)14-25(26)27(30-31)24-15-23(24)20-8-6-5-7-9-20/h5-13,18,21,23-24H,14-16H2,1-4H3/t21?,23-,24+/m0/s1. The van der Waals surface area contributed by atoms with Crippen LogP contribution in [-0.4, -0.2) is 9.78 Å². The second-order valence-electron chi connectivity index (χ2n) is 10.4. The van der Waals surface area contributed by atoms with E-state index in [0.29, 0.717) is 17.8 Å². The molecule has 3 heteroatoms. The molecule has 1 heterocycles. The monoisotopic (exact) mass is 409 g/mol. The lowest BCUT2D eigenvalue weighted by atomic mass is 9.68. The third-order valence-electron chi connectivity index (χ3n) is 7.43. The fourth-order valence-electron chi connectivity index (χ4n) is 5.24. The van der Waals surface area contributed by atoms with Crippen LogP contribution in [0.15, 0.2) is 54.6 Å². The van der Waals surface area contributed by atoms with Crippen molar-refractivity contribution < 1.29 is 0 Å². The molecule has 5 rings (SSSR count). The average molecular weight is 410 g/mol. The van der Waals surface area contributed by atoms with Crippen molar-refractivity contribution in [3.63, 3.8) is 0 Å². The largest absolute Gasteiger partial charge is 0.237 e. The highest BCUT2D eigenvalue weighted by atomic mass is 15.3. The van der Waals surface area contributed by atoms with Crippen LogP contribution in [-0.2, 0) is 12.8 Å². The lowest BCUT2D eigenvalue weighted by molar-refractivity contribution is 0.241. The van der Waals surface area contributed by atoms with Gasteiger partial charge in [-0.15, -0.1) is 0 Å². The predicted octanol–water partition coefficient (Wildman–Crippen LogP) is 6.53. The van der Waals surface area contributed by atoms with Crippen LogP contribution < -0.4 is 0 Å². The van der Waals surface area contributed by atoms with E-state index in [2.05, 4.69) is 93.0 Å². The molecule has 0 radical (unpaired) electrons. The van der Waals surface area contributed by atoms with E-state index < -0.39 is 0 Å². The summed E-state index contributed by atoms with van der Waals surface area (Å²) in [5.74, 6) is 1.57. The third-order valence-corrected chi connectivity index (χ3v) is 7.43. The Labute approximate surface area is 185 Å². The summed E-state index contributed by atoms with van der Waals surface area (Å²) in [4.78, 5) is 0. The predicted molar refractivity (Wildman–Crippen MR) is 124 cm³/mol. The Kier molecular flexibility index (Phi) is 4.77. The van der Waals surface area contributed by atoms with Gasteiger partial charge in [-0.05, 0) is 65.3 Å². The van der Waals surface area contributed by atoms with Crippen LogP contribution in [0.1, 0.15) is 79.9 Å². The summed E-state index contributed by atoms with van der Waals surface area (Å²) in [6.07, 6.45) is 2.86. The maximum atomic E-state index is 9.86. The van der Waals surface area contributed by atoms with Crippen LogP contribution in [0.3, 0.4) is 0 Å². The molecule has 0 saturated heterocycles. The third kappa shape index (κ3) is 3.49. The maximum Gasteiger partial charge on any atom is 0.0701 e. The van der Waals surface area contributed by atoms with Gasteiger partial charge in [0.05, 0.1) is 23.4 Å². The number of aromatic nitrogens is 2. The Morgan fingerprint density at radius 1 is 1.03 bits per heavy atom. The SMILES string of the molecule is CC(C)c1ccc(-n2nc([C@@H]3C[C@H]3c3ccccc3)c3c2CC(C)(C)C(C#N)C3)cc1. The Morgan fingerprint density at radius 2 is 1.74 bits per heavy atom. The van der Waals surface area contributed by atoms with Crippen LogP contribution in [0, 0.1) is 22.7 Å². The summed E-state index contributed by atoms with van der Waals surface area (Å²) in [5.41, 5.74) is 7.72. The second kappa shape index (κ2) is 7.38. The van der Waals surface area contributed by atoms with Crippen molar-refractivity contribution in [2.75, 3.05) is 0 Å². The molecule has 31 heavy (non-hydrogen) atoms. The normalized spacial score (nSPS) is 23.9. The first-order chi connectivity index (χ1) is 14.9. The molecule has 0 bridgehead atoms. The van der Waals surface area contributed by atoms with Gasteiger partial charge >= 0.3 is 0 Å². The summed E-state index contributed by atoms with van der Waals surface area (Å²) >= 11 is 0. The molecule has 0 spiro atoms. The van der Waals surface area contributed by atoms with E-state index in [1.807, 2.05) is 0 Å². The van der Waals surface area contributed by atoms with Gasteiger partial charge in [-0.2, -0.15) is 10.4 Å². The van der Waals surface area contributed by atoms with Gasteiger partial charge in [-0.25, -0.2) is 4.68 Å². The summed E-state index contributed by atoms with van der Waals surface area (Å²) < 4.78 is 2.19. The minimum absolute atomic E-state index is 0.0358. The highest BCUT2D eigenvalue weighted by molar-refractivity contribution is 5.46. The van der Waals surface area contributed by atoms with Gasteiger partial charge in [-0.3, -0.25) is 0 Å². The first-order valence-electron chi connectivity index (χ1n) is 11.5. The summed E-state index contributed by atoms with van der Waals surface area (Å²) in [6, 6.07) is 22.3. The van der Waals surface area contributed by atoms with E-state index in [9.17, 15) is 5.26 Å². The van der Waals surface area contributed by atoms with Gasteiger partial charge in [0, 0.05) is 11.6 Å². The van der Waals surface area contributed by atoms with E-state index in [1.165, 1.54) is 28.1 Å². The van der Waals surface area contributed by atoms with Crippen LogP contribution in [0.25, 0.3) is 5.69 Å². The molecule has 0 N–H and O–H groups in total.